The van der Waals surface area contributed by atoms with Crippen LogP contribution in [-0.4, -0.2) is 16.1 Å². The molecule has 2 amide bonds. The van der Waals surface area contributed by atoms with Gasteiger partial charge in [0.2, 0.25) is 0 Å². The van der Waals surface area contributed by atoms with Crippen molar-refractivity contribution in [2.45, 2.75) is 20.1 Å². The van der Waals surface area contributed by atoms with Gasteiger partial charge in [0.05, 0.1) is 17.8 Å². The highest BCUT2D eigenvalue weighted by Gasteiger charge is 2.08. The number of aryl methyl sites for hydroxylation is 1. The summed E-state index contributed by atoms with van der Waals surface area (Å²) in [5.41, 5.74) is 3.26. The summed E-state index contributed by atoms with van der Waals surface area (Å²) < 4.78 is 13.4. The average Bonchev–Trinajstić information content (AvgIpc) is 2.61. The first-order valence-electron chi connectivity index (χ1n) is 7.85. The van der Waals surface area contributed by atoms with E-state index in [1.54, 1.807) is 12.3 Å². The molecule has 25 heavy (non-hydrogen) atoms. The van der Waals surface area contributed by atoms with Gasteiger partial charge in [0.1, 0.15) is 5.82 Å². The number of nitrogens with one attached hydrogen (secondary N) is 2. The molecule has 0 spiro atoms. The number of anilines is 1. The van der Waals surface area contributed by atoms with Crippen LogP contribution in [-0.2, 0) is 13.2 Å². The predicted octanol–water partition coefficient (Wildman–Crippen LogP) is 3.50. The van der Waals surface area contributed by atoms with Crippen molar-refractivity contribution in [3.8, 4) is 0 Å². The molecule has 3 N–H and O–H groups in total. The lowest BCUT2D eigenvalue weighted by molar-refractivity contribution is 0.251. The van der Waals surface area contributed by atoms with Crippen molar-refractivity contribution in [3.63, 3.8) is 0 Å². The van der Waals surface area contributed by atoms with Crippen LogP contribution in [0.1, 0.15) is 16.7 Å². The Morgan fingerprint density at radius 1 is 1.24 bits per heavy atom. The van der Waals surface area contributed by atoms with Gasteiger partial charge in [-0.2, -0.15) is 0 Å². The molecule has 3 aromatic rings. The number of halogens is 1. The molecule has 6 heteroatoms. The molecule has 0 saturated heterocycles. The van der Waals surface area contributed by atoms with Gasteiger partial charge in [-0.25, -0.2) is 9.18 Å². The number of hydrogen-bond donors (Lipinski definition) is 3. The molecule has 0 unspecified atom stereocenters. The average molecular weight is 339 g/mol. The minimum Gasteiger partial charge on any atom is -0.392 e. The SMILES string of the molecule is Cc1cc(NC(=O)NCc2ccc(F)c(CO)c2)c2ncccc2c1. The van der Waals surface area contributed by atoms with Crippen LogP contribution in [0.15, 0.2) is 48.7 Å². The standard InChI is InChI=1S/C19H18FN3O2/c1-12-7-14-3-2-6-21-18(14)17(8-12)23-19(25)22-10-13-4-5-16(20)15(9-13)11-24/h2-9,24H,10-11H2,1H3,(H2,22,23,25). The van der Waals surface area contributed by atoms with Crippen LogP contribution in [0.2, 0.25) is 0 Å². The maximum atomic E-state index is 13.4. The quantitative estimate of drug-likeness (QED) is 0.681. The summed E-state index contributed by atoms with van der Waals surface area (Å²) in [6, 6.07) is 11.6. The van der Waals surface area contributed by atoms with Gasteiger partial charge < -0.3 is 15.7 Å². The van der Waals surface area contributed by atoms with E-state index >= 15 is 0 Å². The summed E-state index contributed by atoms with van der Waals surface area (Å²) in [6.45, 7) is 1.79. The van der Waals surface area contributed by atoms with Crippen LogP contribution in [0.3, 0.4) is 0 Å². The molecule has 0 fully saturated rings. The first-order chi connectivity index (χ1) is 12.1. The van der Waals surface area contributed by atoms with Gasteiger partial charge in [0.15, 0.2) is 0 Å². The zero-order valence-corrected chi connectivity index (χ0v) is 13.7. The molecular formula is C19H18FN3O2. The number of hydrogen-bond acceptors (Lipinski definition) is 3. The monoisotopic (exact) mass is 339 g/mol. The Morgan fingerprint density at radius 3 is 2.88 bits per heavy atom. The number of fused-ring (bicyclic) bond motifs is 1. The maximum absolute atomic E-state index is 13.4. The number of carbonyl (C=O) groups excluding carboxylic acids is 1. The van der Waals surface area contributed by atoms with Gasteiger partial charge in [0, 0.05) is 23.7 Å². The topological polar surface area (TPSA) is 74.2 Å². The number of aliphatic hydroxyl groups is 1. The van der Waals surface area contributed by atoms with E-state index in [1.165, 1.54) is 12.1 Å². The molecule has 0 atom stereocenters. The maximum Gasteiger partial charge on any atom is 0.319 e. The van der Waals surface area contributed by atoms with Gasteiger partial charge in [-0.15, -0.1) is 0 Å². The molecule has 0 radical (unpaired) electrons. The van der Waals surface area contributed by atoms with E-state index in [1.807, 2.05) is 31.2 Å². The van der Waals surface area contributed by atoms with Gasteiger partial charge in [-0.05, 0) is 48.4 Å². The molecule has 0 bridgehead atoms. The highest BCUT2D eigenvalue weighted by Crippen LogP contribution is 2.23. The fraction of sp³-hybridized carbons (Fsp3) is 0.158. The third-order valence-electron chi connectivity index (χ3n) is 3.83. The number of aliphatic hydroxyl groups excluding tert-OH is 1. The van der Waals surface area contributed by atoms with Crippen molar-refractivity contribution in [2.24, 2.45) is 0 Å². The van der Waals surface area contributed by atoms with Gasteiger partial charge >= 0.3 is 6.03 Å². The largest absolute Gasteiger partial charge is 0.392 e. The number of nitrogens with zero attached hydrogens (tertiary/aromatic N) is 1. The summed E-state index contributed by atoms with van der Waals surface area (Å²) >= 11 is 0. The van der Waals surface area contributed by atoms with Crippen LogP contribution in [0.4, 0.5) is 14.9 Å². The molecule has 128 valence electrons. The van der Waals surface area contributed by atoms with E-state index in [-0.39, 0.29) is 24.7 Å². The first-order valence-corrected chi connectivity index (χ1v) is 7.85. The van der Waals surface area contributed by atoms with E-state index in [2.05, 4.69) is 15.6 Å². The molecule has 0 aliphatic carbocycles. The minimum atomic E-state index is -0.465. The molecule has 0 aliphatic rings. The molecule has 1 aromatic heterocycles. The second kappa shape index (κ2) is 7.27. The zero-order chi connectivity index (χ0) is 17.8. The Morgan fingerprint density at radius 2 is 2.08 bits per heavy atom. The third-order valence-corrected chi connectivity index (χ3v) is 3.83. The summed E-state index contributed by atoms with van der Waals surface area (Å²) in [6.07, 6.45) is 1.68. The number of rotatable bonds is 4. The number of benzene rings is 2. The Bertz CT molecular complexity index is 928. The Balaban J connectivity index is 1.71. The fourth-order valence-electron chi connectivity index (χ4n) is 2.65. The lowest BCUT2D eigenvalue weighted by Gasteiger charge is -2.11. The first kappa shape index (κ1) is 16.9. The minimum absolute atomic E-state index is 0.202. The normalized spacial score (nSPS) is 10.7. The van der Waals surface area contributed by atoms with E-state index in [9.17, 15) is 9.18 Å². The number of pyridine rings is 1. The Labute approximate surface area is 144 Å². The van der Waals surface area contributed by atoms with Crippen molar-refractivity contribution in [2.75, 3.05) is 5.32 Å². The number of carbonyl (C=O) groups is 1. The molecule has 3 rings (SSSR count). The number of amides is 2. The lowest BCUT2D eigenvalue weighted by atomic mass is 10.1. The molecule has 0 saturated carbocycles. The summed E-state index contributed by atoms with van der Waals surface area (Å²) in [5, 5.41) is 15.6. The fourth-order valence-corrected chi connectivity index (χ4v) is 2.65. The second-order valence-corrected chi connectivity index (χ2v) is 5.78. The molecule has 0 aliphatic heterocycles. The second-order valence-electron chi connectivity index (χ2n) is 5.78. The summed E-state index contributed by atoms with van der Waals surface area (Å²) in [7, 11) is 0. The smallest absolute Gasteiger partial charge is 0.319 e. The molecule has 1 heterocycles. The van der Waals surface area contributed by atoms with E-state index in [0.717, 1.165) is 10.9 Å². The number of urea groups is 1. The van der Waals surface area contributed by atoms with Crippen molar-refractivity contribution in [1.82, 2.24) is 10.3 Å². The van der Waals surface area contributed by atoms with Crippen molar-refractivity contribution >= 4 is 22.6 Å². The summed E-state index contributed by atoms with van der Waals surface area (Å²) in [4.78, 5) is 16.5. The molecule has 2 aromatic carbocycles. The van der Waals surface area contributed by atoms with Gasteiger partial charge in [-0.3, -0.25) is 4.98 Å². The van der Waals surface area contributed by atoms with Gasteiger partial charge in [-0.1, -0.05) is 12.1 Å². The predicted molar refractivity (Wildman–Crippen MR) is 94.7 cm³/mol. The Hall–Kier alpha value is -2.99. The highest BCUT2D eigenvalue weighted by molar-refractivity contribution is 5.99. The van der Waals surface area contributed by atoms with Gasteiger partial charge in [0.25, 0.3) is 0 Å². The summed E-state index contributed by atoms with van der Waals surface area (Å²) in [5.74, 6) is -0.465. The van der Waals surface area contributed by atoms with Crippen LogP contribution in [0.5, 0.6) is 0 Å². The Kier molecular flexibility index (Phi) is 4.90. The molecule has 5 nitrogen and oxygen atoms in total. The number of aromatic nitrogens is 1. The molecular weight excluding hydrogens is 321 g/mol. The van der Waals surface area contributed by atoms with Crippen LogP contribution < -0.4 is 10.6 Å². The van der Waals surface area contributed by atoms with Crippen molar-refractivity contribution < 1.29 is 14.3 Å². The van der Waals surface area contributed by atoms with Crippen molar-refractivity contribution in [1.29, 1.82) is 0 Å². The van der Waals surface area contributed by atoms with Crippen LogP contribution >= 0.6 is 0 Å². The third kappa shape index (κ3) is 3.92. The highest BCUT2D eigenvalue weighted by atomic mass is 19.1. The van der Waals surface area contributed by atoms with Crippen molar-refractivity contribution in [3.05, 3.63) is 71.2 Å². The zero-order valence-electron chi connectivity index (χ0n) is 13.7. The van der Waals surface area contributed by atoms with E-state index in [0.29, 0.717) is 16.8 Å². The van der Waals surface area contributed by atoms with Crippen LogP contribution in [0, 0.1) is 12.7 Å². The van der Waals surface area contributed by atoms with Crippen LogP contribution in [0.25, 0.3) is 10.9 Å². The lowest BCUT2D eigenvalue weighted by Crippen LogP contribution is -2.28. The van der Waals surface area contributed by atoms with E-state index < -0.39 is 5.82 Å². The van der Waals surface area contributed by atoms with E-state index in [4.69, 9.17) is 5.11 Å².